The van der Waals surface area contributed by atoms with Gasteiger partial charge >= 0.3 is 0 Å². The van der Waals surface area contributed by atoms with E-state index in [0.717, 1.165) is 11.4 Å². The standard InChI is InChI=1S/C15H16N4O/c1-2-8-17-15(20)12-3-5-13(6-4-12)18-10-14-7-9-16-11-19-14/h2-7,9,11,18H,1,8,10H2,(H,17,20). The fraction of sp³-hybridized carbons (Fsp3) is 0.133. The summed E-state index contributed by atoms with van der Waals surface area (Å²) in [6.07, 6.45) is 4.87. The molecule has 5 nitrogen and oxygen atoms in total. The van der Waals surface area contributed by atoms with E-state index in [1.54, 1.807) is 24.4 Å². The first-order chi connectivity index (χ1) is 9.79. The van der Waals surface area contributed by atoms with Crippen LogP contribution in [0.4, 0.5) is 5.69 Å². The number of aromatic nitrogens is 2. The van der Waals surface area contributed by atoms with E-state index in [2.05, 4.69) is 27.2 Å². The predicted octanol–water partition coefficient (Wildman–Crippen LogP) is 2.00. The Morgan fingerprint density at radius 1 is 1.25 bits per heavy atom. The third-order valence-corrected chi connectivity index (χ3v) is 2.67. The third-order valence-electron chi connectivity index (χ3n) is 2.67. The van der Waals surface area contributed by atoms with E-state index >= 15 is 0 Å². The maximum atomic E-state index is 11.7. The lowest BCUT2D eigenvalue weighted by Gasteiger charge is -2.07. The molecule has 1 aromatic heterocycles. The maximum absolute atomic E-state index is 11.7. The molecule has 0 aliphatic carbocycles. The molecule has 1 amide bonds. The molecule has 0 atom stereocenters. The number of carbonyl (C=O) groups is 1. The lowest BCUT2D eigenvalue weighted by atomic mass is 10.2. The van der Waals surface area contributed by atoms with Gasteiger partial charge in [-0.3, -0.25) is 4.79 Å². The minimum absolute atomic E-state index is 0.104. The number of nitrogens with zero attached hydrogens (tertiary/aromatic N) is 2. The van der Waals surface area contributed by atoms with E-state index in [4.69, 9.17) is 0 Å². The van der Waals surface area contributed by atoms with Gasteiger partial charge in [0.1, 0.15) is 6.33 Å². The second-order valence-electron chi connectivity index (χ2n) is 4.13. The van der Waals surface area contributed by atoms with Gasteiger partial charge in [-0.1, -0.05) is 6.08 Å². The number of amides is 1. The Labute approximate surface area is 117 Å². The molecule has 0 spiro atoms. The van der Waals surface area contributed by atoms with E-state index in [-0.39, 0.29) is 5.91 Å². The molecule has 2 N–H and O–H groups in total. The lowest BCUT2D eigenvalue weighted by molar-refractivity contribution is 0.0958. The fourth-order valence-electron chi connectivity index (χ4n) is 1.62. The van der Waals surface area contributed by atoms with E-state index < -0.39 is 0 Å². The Kier molecular flexibility index (Phi) is 4.83. The molecule has 5 heteroatoms. The second-order valence-corrected chi connectivity index (χ2v) is 4.13. The monoisotopic (exact) mass is 268 g/mol. The van der Waals surface area contributed by atoms with Crippen LogP contribution in [-0.4, -0.2) is 22.4 Å². The topological polar surface area (TPSA) is 66.9 Å². The Bertz CT molecular complexity index is 566. The van der Waals surface area contributed by atoms with Crippen molar-refractivity contribution in [1.29, 1.82) is 0 Å². The molecule has 1 aromatic carbocycles. The molecule has 0 aliphatic rings. The van der Waals surface area contributed by atoms with Crippen molar-refractivity contribution in [3.63, 3.8) is 0 Å². The Balaban J connectivity index is 1.91. The number of hydrogen-bond donors (Lipinski definition) is 2. The molecular formula is C15H16N4O. The number of anilines is 1. The van der Waals surface area contributed by atoms with Crippen LogP contribution in [0.2, 0.25) is 0 Å². The van der Waals surface area contributed by atoms with Crippen LogP contribution in [0, 0.1) is 0 Å². The van der Waals surface area contributed by atoms with Crippen LogP contribution in [0.5, 0.6) is 0 Å². The molecule has 0 unspecified atom stereocenters. The van der Waals surface area contributed by atoms with Crippen LogP contribution in [0.25, 0.3) is 0 Å². The van der Waals surface area contributed by atoms with Gasteiger partial charge in [0.25, 0.3) is 5.91 Å². The molecule has 0 aliphatic heterocycles. The van der Waals surface area contributed by atoms with Crippen LogP contribution < -0.4 is 10.6 Å². The first-order valence-corrected chi connectivity index (χ1v) is 6.27. The molecule has 2 rings (SSSR count). The summed E-state index contributed by atoms with van der Waals surface area (Å²) in [5.41, 5.74) is 2.47. The molecule has 0 saturated carbocycles. The van der Waals surface area contributed by atoms with Crippen molar-refractivity contribution in [2.75, 3.05) is 11.9 Å². The summed E-state index contributed by atoms with van der Waals surface area (Å²) in [6.45, 7) is 4.64. The van der Waals surface area contributed by atoms with Gasteiger partial charge in [-0.2, -0.15) is 0 Å². The molecule has 1 heterocycles. The average molecular weight is 268 g/mol. The van der Waals surface area contributed by atoms with E-state index in [1.165, 1.54) is 6.33 Å². The van der Waals surface area contributed by atoms with Crippen molar-refractivity contribution in [1.82, 2.24) is 15.3 Å². The average Bonchev–Trinajstić information content (AvgIpc) is 2.52. The number of hydrogen-bond acceptors (Lipinski definition) is 4. The second kappa shape index (κ2) is 7.04. The van der Waals surface area contributed by atoms with Crippen LogP contribution in [-0.2, 0) is 6.54 Å². The molecule has 0 fully saturated rings. The minimum Gasteiger partial charge on any atom is -0.379 e. The Hall–Kier alpha value is -2.69. The van der Waals surface area contributed by atoms with Gasteiger partial charge in [0.15, 0.2) is 0 Å². The largest absolute Gasteiger partial charge is 0.379 e. The van der Waals surface area contributed by atoms with E-state index in [1.807, 2.05) is 18.2 Å². The molecular weight excluding hydrogens is 252 g/mol. The van der Waals surface area contributed by atoms with Gasteiger partial charge < -0.3 is 10.6 Å². The van der Waals surface area contributed by atoms with Crippen molar-refractivity contribution in [2.45, 2.75) is 6.54 Å². The van der Waals surface area contributed by atoms with Crippen LogP contribution >= 0.6 is 0 Å². The van der Waals surface area contributed by atoms with E-state index in [0.29, 0.717) is 18.7 Å². The van der Waals surface area contributed by atoms with Gasteiger partial charge in [0.2, 0.25) is 0 Å². The van der Waals surface area contributed by atoms with Crippen molar-refractivity contribution in [3.05, 3.63) is 66.8 Å². The van der Waals surface area contributed by atoms with Crippen molar-refractivity contribution in [2.24, 2.45) is 0 Å². The molecule has 102 valence electrons. The van der Waals surface area contributed by atoms with Crippen molar-refractivity contribution in [3.8, 4) is 0 Å². The smallest absolute Gasteiger partial charge is 0.251 e. The quantitative estimate of drug-likeness (QED) is 0.786. The van der Waals surface area contributed by atoms with Gasteiger partial charge in [0, 0.05) is 24.0 Å². The number of benzene rings is 1. The van der Waals surface area contributed by atoms with Crippen molar-refractivity contribution < 1.29 is 4.79 Å². The SMILES string of the molecule is C=CCNC(=O)c1ccc(NCc2ccncn2)cc1. The summed E-state index contributed by atoms with van der Waals surface area (Å²) >= 11 is 0. The fourth-order valence-corrected chi connectivity index (χ4v) is 1.62. The van der Waals surface area contributed by atoms with Gasteiger partial charge in [-0.05, 0) is 30.3 Å². The molecule has 0 saturated heterocycles. The molecule has 0 bridgehead atoms. The lowest BCUT2D eigenvalue weighted by Crippen LogP contribution is -2.23. The normalized spacial score (nSPS) is 9.80. The molecule has 0 radical (unpaired) electrons. The van der Waals surface area contributed by atoms with Crippen LogP contribution in [0.1, 0.15) is 16.1 Å². The zero-order valence-corrected chi connectivity index (χ0v) is 11.0. The molecule has 20 heavy (non-hydrogen) atoms. The summed E-state index contributed by atoms with van der Waals surface area (Å²) in [4.78, 5) is 19.7. The zero-order chi connectivity index (χ0) is 14.2. The number of rotatable bonds is 6. The number of carbonyl (C=O) groups excluding carboxylic acids is 1. The van der Waals surface area contributed by atoms with Crippen LogP contribution in [0.15, 0.2) is 55.5 Å². The zero-order valence-electron chi connectivity index (χ0n) is 11.0. The summed E-state index contributed by atoms with van der Waals surface area (Å²) in [6, 6.07) is 9.14. The minimum atomic E-state index is -0.104. The summed E-state index contributed by atoms with van der Waals surface area (Å²) in [7, 11) is 0. The van der Waals surface area contributed by atoms with E-state index in [9.17, 15) is 4.79 Å². The first-order valence-electron chi connectivity index (χ1n) is 6.27. The predicted molar refractivity (Wildman–Crippen MR) is 78.3 cm³/mol. The highest BCUT2D eigenvalue weighted by atomic mass is 16.1. The Morgan fingerprint density at radius 2 is 2.05 bits per heavy atom. The highest BCUT2D eigenvalue weighted by Crippen LogP contribution is 2.10. The van der Waals surface area contributed by atoms with Gasteiger partial charge in [-0.15, -0.1) is 6.58 Å². The van der Waals surface area contributed by atoms with Gasteiger partial charge in [0.05, 0.1) is 12.2 Å². The van der Waals surface area contributed by atoms with Gasteiger partial charge in [-0.25, -0.2) is 9.97 Å². The summed E-state index contributed by atoms with van der Waals surface area (Å²) < 4.78 is 0. The number of nitrogens with one attached hydrogen (secondary N) is 2. The van der Waals surface area contributed by atoms with Crippen molar-refractivity contribution >= 4 is 11.6 Å². The highest BCUT2D eigenvalue weighted by molar-refractivity contribution is 5.94. The third kappa shape index (κ3) is 3.91. The summed E-state index contributed by atoms with van der Waals surface area (Å²) in [5.74, 6) is -0.104. The molecule has 2 aromatic rings. The highest BCUT2D eigenvalue weighted by Gasteiger charge is 2.03. The first kappa shape index (κ1) is 13.7. The maximum Gasteiger partial charge on any atom is 0.251 e. The van der Waals surface area contributed by atoms with Crippen LogP contribution in [0.3, 0.4) is 0 Å². The Morgan fingerprint density at radius 3 is 2.70 bits per heavy atom. The summed E-state index contributed by atoms with van der Waals surface area (Å²) in [5, 5.41) is 5.96.